The molecule has 29 heavy (non-hydrogen) atoms. The standard InChI is InChI=1S/C20H20N2O5S2/c1-4-27-20(24)11-18-21-16(13(2)23)12-22(18)19-9-8-17(28-19)14-6-5-7-15(10-14)29(3,25)26/h5-10,12H,4,11H2,1-3H3. The lowest BCUT2D eigenvalue weighted by atomic mass is 10.2. The summed E-state index contributed by atoms with van der Waals surface area (Å²) in [5.74, 6) is -0.217. The predicted octanol–water partition coefficient (Wildman–Crippen LogP) is 3.31. The average molecular weight is 433 g/mol. The van der Waals surface area contributed by atoms with Gasteiger partial charge in [0.2, 0.25) is 0 Å². The Kier molecular flexibility index (Phi) is 5.99. The van der Waals surface area contributed by atoms with Crippen LogP contribution < -0.4 is 0 Å². The van der Waals surface area contributed by atoms with Gasteiger partial charge in [-0.25, -0.2) is 13.4 Å². The molecule has 1 aromatic carbocycles. The zero-order chi connectivity index (χ0) is 21.2. The van der Waals surface area contributed by atoms with E-state index in [0.29, 0.717) is 5.82 Å². The van der Waals surface area contributed by atoms with E-state index in [1.807, 2.05) is 18.2 Å². The number of nitrogens with zero attached hydrogens (tertiary/aromatic N) is 2. The largest absolute Gasteiger partial charge is 0.466 e. The molecule has 0 N–H and O–H groups in total. The second kappa shape index (κ2) is 8.30. The molecule has 7 nitrogen and oxygen atoms in total. The lowest BCUT2D eigenvalue weighted by Gasteiger charge is -2.05. The fraction of sp³-hybridized carbons (Fsp3) is 0.250. The Morgan fingerprint density at radius 2 is 1.97 bits per heavy atom. The number of hydrogen-bond donors (Lipinski definition) is 0. The number of thiophene rings is 1. The van der Waals surface area contributed by atoms with E-state index in [9.17, 15) is 18.0 Å². The van der Waals surface area contributed by atoms with Crippen LogP contribution in [0.2, 0.25) is 0 Å². The molecular formula is C20H20N2O5S2. The summed E-state index contributed by atoms with van der Waals surface area (Å²) in [4.78, 5) is 29.1. The lowest BCUT2D eigenvalue weighted by Crippen LogP contribution is -2.11. The highest BCUT2D eigenvalue weighted by Gasteiger charge is 2.18. The van der Waals surface area contributed by atoms with Crippen LogP contribution in [0.4, 0.5) is 0 Å². The molecule has 2 aromatic heterocycles. The van der Waals surface area contributed by atoms with Crippen molar-refractivity contribution < 1.29 is 22.7 Å². The Hall–Kier alpha value is -2.78. The van der Waals surface area contributed by atoms with E-state index in [1.165, 1.54) is 24.5 Å². The Bertz CT molecular complexity index is 1180. The van der Waals surface area contributed by atoms with E-state index >= 15 is 0 Å². The van der Waals surface area contributed by atoms with Crippen LogP contribution >= 0.6 is 11.3 Å². The second-order valence-electron chi connectivity index (χ2n) is 6.39. The number of sulfone groups is 1. The summed E-state index contributed by atoms with van der Waals surface area (Å²) < 4.78 is 30.3. The number of esters is 1. The van der Waals surface area contributed by atoms with E-state index in [2.05, 4.69) is 4.98 Å². The van der Waals surface area contributed by atoms with Gasteiger partial charge in [0.1, 0.15) is 22.9 Å². The minimum atomic E-state index is -3.31. The second-order valence-corrected chi connectivity index (χ2v) is 9.47. The summed E-state index contributed by atoms with van der Waals surface area (Å²) in [5.41, 5.74) is 1.03. The first-order valence-electron chi connectivity index (χ1n) is 8.84. The molecule has 0 aliphatic heterocycles. The summed E-state index contributed by atoms with van der Waals surface area (Å²) in [5, 5.41) is 0.754. The number of benzene rings is 1. The monoisotopic (exact) mass is 432 g/mol. The van der Waals surface area contributed by atoms with Crippen molar-refractivity contribution >= 4 is 32.9 Å². The van der Waals surface area contributed by atoms with Crippen molar-refractivity contribution in [2.45, 2.75) is 25.2 Å². The maximum absolute atomic E-state index is 11.9. The molecule has 0 fully saturated rings. The summed E-state index contributed by atoms with van der Waals surface area (Å²) in [6.07, 6.45) is 2.71. The Balaban J connectivity index is 2.00. The number of Topliss-reactive ketones (excluding diaryl/α,β-unsaturated/α-hetero) is 1. The third-order valence-electron chi connectivity index (χ3n) is 4.12. The molecule has 3 rings (SSSR count). The van der Waals surface area contributed by atoms with E-state index in [1.54, 1.807) is 35.9 Å². The van der Waals surface area contributed by atoms with Gasteiger partial charge in [-0.15, -0.1) is 11.3 Å². The quantitative estimate of drug-likeness (QED) is 0.420. The maximum Gasteiger partial charge on any atom is 0.313 e. The molecule has 9 heteroatoms. The van der Waals surface area contributed by atoms with Crippen molar-refractivity contribution in [3.05, 3.63) is 54.1 Å². The molecule has 2 heterocycles. The fourth-order valence-electron chi connectivity index (χ4n) is 2.74. The zero-order valence-electron chi connectivity index (χ0n) is 16.2. The van der Waals surface area contributed by atoms with Gasteiger partial charge < -0.3 is 4.74 Å². The molecule has 0 aliphatic carbocycles. The van der Waals surface area contributed by atoms with Crippen molar-refractivity contribution in [2.75, 3.05) is 12.9 Å². The Morgan fingerprint density at radius 3 is 2.62 bits per heavy atom. The number of ether oxygens (including phenoxy) is 1. The van der Waals surface area contributed by atoms with E-state index in [4.69, 9.17) is 4.74 Å². The number of ketones is 1. The fourth-order valence-corrected chi connectivity index (χ4v) is 4.40. The summed E-state index contributed by atoms with van der Waals surface area (Å²) in [7, 11) is -3.31. The zero-order valence-corrected chi connectivity index (χ0v) is 17.8. The van der Waals surface area contributed by atoms with Gasteiger partial charge in [-0.2, -0.15) is 0 Å². The number of carbonyl (C=O) groups is 2. The van der Waals surface area contributed by atoms with Gasteiger partial charge in [-0.1, -0.05) is 12.1 Å². The third kappa shape index (κ3) is 4.80. The third-order valence-corrected chi connectivity index (χ3v) is 6.37. The van der Waals surface area contributed by atoms with Gasteiger partial charge in [0.25, 0.3) is 0 Å². The first-order valence-corrected chi connectivity index (χ1v) is 11.6. The molecule has 0 radical (unpaired) electrons. The predicted molar refractivity (Wildman–Crippen MR) is 110 cm³/mol. The average Bonchev–Trinajstić information content (AvgIpc) is 3.28. The van der Waals surface area contributed by atoms with Crippen LogP contribution in [0.3, 0.4) is 0 Å². The van der Waals surface area contributed by atoms with Gasteiger partial charge in [0, 0.05) is 24.3 Å². The highest BCUT2D eigenvalue weighted by atomic mass is 32.2. The van der Waals surface area contributed by atoms with Gasteiger partial charge in [-0.3, -0.25) is 14.2 Å². The molecule has 0 bridgehead atoms. The molecule has 0 amide bonds. The van der Waals surface area contributed by atoms with Crippen LogP contribution in [0.15, 0.2) is 47.5 Å². The number of carbonyl (C=O) groups excluding carboxylic acids is 2. The number of imidazole rings is 1. The van der Waals surface area contributed by atoms with Crippen LogP contribution in [0.25, 0.3) is 15.4 Å². The van der Waals surface area contributed by atoms with Crippen molar-refractivity contribution in [1.82, 2.24) is 9.55 Å². The van der Waals surface area contributed by atoms with Crippen LogP contribution in [-0.4, -0.2) is 42.6 Å². The molecule has 0 atom stereocenters. The number of rotatable bonds is 7. The molecule has 0 saturated carbocycles. The summed E-state index contributed by atoms with van der Waals surface area (Å²) in [6, 6.07) is 10.4. The first kappa shape index (κ1) is 20.9. The highest BCUT2D eigenvalue weighted by molar-refractivity contribution is 7.90. The maximum atomic E-state index is 11.9. The van der Waals surface area contributed by atoms with Gasteiger partial charge in [-0.05, 0) is 36.8 Å². The molecular weight excluding hydrogens is 412 g/mol. The normalized spacial score (nSPS) is 11.4. The van der Waals surface area contributed by atoms with Crippen LogP contribution in [0.1, 0.15) is 30.2 Å². The number of aromatic nitrogens is 2. The molecule has 0 aliphatic rings. The van der Waals surface area contributed by atoms with Crippen molar-refractivity contribution in [3.63, 3.8) is 0 Å². The summed E-state index contributed by atoms with van der Waals surface area (Å²) >= 11 is 1.40. The Morgan fingerprint density at radius 1 is 1.21 bits per heavy atom. The molecule has 0 spiro atoms. The number of hydrogen-bond acceptors (Lipinski definition) is 7. The van der Waals surface area contributed by atoms with Gasteiger partial charge in [0.15, 0.2) is 15.6 Å². The minimum Gasteiger partial charge on any atom is -0.466 e. The van der Waals surface area contributed by atoms with E-state index in [0.717, 1.165) is 15.4 Å². The van der Waals surface area contributed by atoms with Crippen LogP contribution in [-0.2, 0) is 25.8 Å². The summed E-state index contributed by atoms with van der Waals surface area (Å²) in [6.45, 7) is 3.40. The highest BCUT2D eigenvalue weighted by Crippen LogP contribution is 2.32. The first-order chi connectivity index (χ1) is 13.7. The van der Waals surface area contributed by atoms with Crippen LogP contribution in [0, 0.1) is 0 Å². The van der Waals surface area contributed by atoms with Gasteiger partial charge >= 0.3 is 5.97 Å². The smallest absolute Gasteiger partial charge is 0.313 e. The van der Waals surface area contributed by atoms with E-state index < -0.39 is 15.8 Å². The molecule has 3 aromatic rings. The molecule has 0 unspecified atom stereocenters. The topological polar surface area (TPSA) is 95.3 Å². The SMILES string of the molecule is CCOC(=O)Cc1nc(C(C)=O)cn1-c1ccc(-c2cccc(S(C)(=O)=O)c2)s1. The molecule has 152 valence electrons. The van der Waals surface area contributed by atoms with Crippen molar-refractivity contribution in [2.24, 2.45) is 0 Å². The lowest BCUT2D eigenvalue weighted by molar-refractivity contribution is -0.142. The van der Waals surface area contributed by atoms with Crippen LogP contribution in [0.5, 0.6) is 0 Å². The Labute approximate surface area is 172 Å². The van der Waals surface area contributed by atoms with Gasteiger partial charge in [0.05, 0.1) is 11.5 Å². The molecule has 0 saturated heterocycles. The van der Waals surface area contributed by atoms with E-state index in [-0.39, 0.29) is 29.4 Å². The van der Waals surface area contributed by atoms with Crippen molar-refractivity contribution in [1.29, 1.82) is 0 Å². The minimum absolute atomic E-state index is 0.0576. The van der Waals surface area contributed by atoms with Crippen molar-refractivity contribution in [3.8, 4) is 15.4 Å².